The molecule has 0 aliphatic rings. The molecule has 0 spiro atoms. The standard InChI is InChI=1S/C15H14N2O4S/c1-11-3-8-15(21-2)14(9-11)17-22(19,20)13-6-4-12(5-7-13)16-10-18/h3-9,17H,1-2H3. The van der Waals surface area contributed by atoms with Crippen LogP contribution in [0, 0.1) is 6.92 Å². The largest absolute Gasteiger partial charge is 0.495 e. The van der Waals surface area contributed by atoms with Crippen LogP contribution in [-0.2, 0) is 14.8 Å². The summed E-state index contributed by atoms with van der Waals surface area (Å²) in [6.45, 7) is 1.85. The molecule has 0 atom stereocenters. The van der Waals surface area contributed by atoms with Crippen molar-refractivity contribution in [3.63, 3.8) is 0 Å². The maximum absolute atomic E-state index is 12.4. The Morgan fingerprint density at radius 2 is 1.82 bits per heavy atom. The van der Waals surface area contributed by atoms with Crippen molar-refractivity contribution >= 4 is 27.5 Å². The van der Waals surface area contributed by atoms with Gasteiger partial charge in [0.1, 0.15) is 5.75 Å². The highest BCUT2D eigenvalue weighted by molar-refractivity contribution is 7.92. The van der Waals surface area contributed by atoms with E-state index >= 15 is 0 Å². The molecule has 0 aromatic heterocycles. The molecule has 2 aromatic carbocycles. The Kier molecular flexibility index (Phi) is 4.60. The number of ether oxygens (including phenoxy) is 1. The molecule has 0 saturated heterocycles. The van der Waals surface area contributed by atoms with Crippen molar-refractivity contribution in [3.8, 4) is 5.75 Å². The summed E-state index contributed by atoms with van der Waals surface area (Å²) in [4.78, 5) is 13.6. The number of hydrogen-bond acceptors (Lipinski definition) is 5. The second-order valence-electron chi connectivity index (χ2n) is 4.51. The summed E-state index contributed by atoms with van der Waals surface area (Å²) in [5.41, 5.74) is 1.59. The molecule has 7 heteroatoms. The van der Waals surface area contributed by atoms with E-state index < -0.39 is 10.0 Å². The van der Waals surface area contributed by atoms with E-state index in [2.05, 4.69) is 9.71 Å². The van der Waals surface area contributed by atoms with Crippen LogP contribution in [0.4, 0.5) is 11.4 Å². The molecule has 114 valence electrons. The van der Waals surface area contributed by atoms with Gasteiger partial charge in [0.25, 0.3) is 10.0 Å². The molecular formula is C15H14N2O4S. The van der Waals surface area contributed by atoms with Gasteiger partial charge < -0.3 is 4.74 Å². The predicted octanol–water partition coefficient (Wildman–Crippen LogP) is 2.77. The van der Waals surface area contributed by atoms with Gasteiger partial charge in [-0.2, -0.15) is 4.99 Å². The van der Waals surface area contributed by atoms with Crippen molar-refractivity contribution in [2.45, 2.75) is 11.8 Å². The van der Waals surface area contributed by atoms with E-state index in [9.17, 15) is 13.2 Å². The Hall–Kier alpha value is -2.63. The molecule has 0 aliphatic carbocycles. The van der Waals surface area contributed by atoms with Crippen molar-refractivity contribution < 1.29 is 17.9 Å². The zero-order valence-electron chi connectivity index (χ0n) is 12.0. The Bertz CT molecular complexity index is 823. The predicted molar refractivity (Wildman–Crippen MR) is 82.8 cm³/mol. The van der Waals surface area contributed by atoms with Crippen molar-refractivity contribution in [2.75, 3.05) is 11.8 Å². The Labute approximate surface area is 128 Å². The zero-order chi connectivity index (χ0) is 16.2. The van der Waals surface area contributed by atoms with E-state index in [0.29, 0.717) is 17.1 Å². The van der Waals surface area contributed by atoms with Crippen LogP contribution < -0.4 is 9.46 Å². The van der Waals surface area contributed by atoms with Gasteiger partial charge in [-0.3, -0.25) is 4.72 Å². The van der Waals surface area contributed by atoms with Gasteiger partial charge in [0, 0.05) is 0 Å². The average molecular weight is 318 g/mol. The van der Waals surface area contributed by atoms with Crippen molar-refractivity contribution in [2.24, 2.45) is 4.99 Å². The molecule has 0 radical (unpaired) electrons. The van der Waals surface area contributed by atoms with Crippen LogP contribution in [0.1, 0.15) is 5.56 Å². The van der Waals surface area contributed by atoms with Crippen LogP contribution in [0.5, 0.6) is 5.75 Å². The first-order valence-corrected chi connectivity index (χ1v) is 7.80. The molecule has 0 heterocycles. The minimum absolute atomic E-state index is 0.0564. The van der Waals surface area contributed by atoms with E-state index in [4.69, 9.17) is 4.74 Å². The van der Waals surface area contributed by atoms with Crippen LogP contribution in [0.15, 0.2) is 52.4 Å². The average Bonchev–Trinajstić information content (AvgIpc) is 2.48. The van der Waals surface area contributed by atoms with Gasteiger partial charge in [-0.25, -0.2) is 13.2 Å². The number of anilines is 1. The van der Waals surface area contributed by atoms with E-state index in [-0.39, 0.29) is 4.90 Å². The maximum Gasteiger partial charge on any atom is 0.262 e. The third-order valence-corrected chi connectivity index (χ3v) is 4.30. The molecule has 2 rings (SSSR count). The van der Waals surface area contributed by atoms with Gasteiger partial charge in [-0.1, -0.05) is 6.07 Å². The van der Waals surface area contributed by atoms with Crippen LogP contribution in [-0.4, -0.2) is 21.6 Å². The molecule has 1 N–H and O–H groups in total. The highest BCUT2D eigenvalue weighted by Gasteiger charge is 2.16. The summed E-state index contributed by atoms with van der Waals surface area (Å²) >= 11 is 0. The molecule has 0 bridgehead atoms. The van der Waals surface area contributed by atoms with E-state index in [1.165, 1.54) is 37.5 Å². The molecule has 0 saturated carbocycles. The van der Waals surface area contributed by atoms with E-state index in [0.717, 1.165) is 5.56 Å². The summed E-state index contributed by atoms with van der Waals surface area (Å²) < 4.78 is 32.4. The lowest BCUT2D eigenvalue weighted by Crippen LogP contribution is -2.13. The summed E-state index contributed by atoms with van der Waals surface area (Å²) in [5.74, 6) is 0.427. The van der Waals surface area contributed by atoms with Gasteiger partial charge >= 0.3 is 0 Å². The third-order valence-electron chi connectivity index (χ3n) is 2.92. The molecule has 6 nitrogen and oxygen atoms in total. The minimum Gasteiger partial charge on any atom is -0.495 e. The Morgan fingerprint density at radius 1 is 1.14 bits per heavy atom. The number of rotatable bonds is 5. The highest BCUT2D eigenvalue weighted by atomic mass is 32.2. The lowest BCUT2D eigenvalue weighted by atomic mass is 10.2. The minimum atomic E-state index is -3.76. The van der Waals surface area contributed by atoms with Crippen molar-refractivity contribution in [1.82, 2.24) is 0 Å². The van der Waals surface area contributed by atoms with Crippen LogP contribution in [0.25, 0.3) is 0 Å². The summed E-state index contributed by atoms with van der Waals surface area (Å²) in [6, 6.07) is 10.8. The third kappa shape index (κ3) is 3.52. The molecule has 0 fully saturated rings. The number of nitrogens with one attached hydrogen (secondary N) is 1. The summed E-state index contributed by atoms with van der Waals surface area (Å²) in [7, 11) is -2.30. The van der Waals surface area contributed by atoms with Crippen molar-refractivity contribution in [1.29, 1.82) is 0 Å². The first-order chi connectivity index (χ1) is 10.5. The maximum atomic E-state index is 12.4. The number of isocyanates is 1. The zero-order valence-corrected chi connectivity index (χ0v) is 12.8. The van der Waals surface area contributed by atoms with Gasteiger partial charge in [-0.15, -0.1) is 0 Å². The number of sulfonamides is 1. The molecule has 0 aliphatic heterocycles. The van der Waals surface area contributed by atoms with Gasteiger partial charge in [-0.05, 0) is 48.9 Å². The fourth-order valence-corrected chi connectivity index (χ4v) is 2.92. The fraction of sp³-hybridized carbons (Fsp3) is 0.133. The molecular weight excluding hydrogens is 304 g/mol. The summed E-state index contributed by atoms with van der Waals surface area (Å²) in [5, 5.41) is 0. The number of carbonyl (C=O) groups excluding carboxylic acids is 1. The number of benzene rings is 2. The Balaban J connectivity index is 2.35. The molecule has 22 heavy (non-hydrogen) atoms. The monoisotopic (exact) mass is 318 g/mol. The number of hydrogen-bond donors (Lipinski definition) is 1. The van der Waals surface area contributed by atoms with E-state index in [1.54, 1.807) is 12.1 Å². The number of aryl methyl sites for hydroxylation is 1. The fourth-order valence-electron chi connectivity index (χ4n) is 1.86. The van der Waals surface area contributed by atoms with Gasteiger partial charge in [0.05, 0.1) is 23.4 Å². The quantitative estimate of drug-likeness (QED) is 0.678. The lowest BCUT2D eigenvalue weighted by molar-refractivity contribution is 0.417. The molecule has 0 amide bonds. The first-order valence-electron chi connectivity index (χ1n) is 6.31. The Morgan fingerprint density at radius 3 is 2.41 bits per heavy atom. The normalized spacial score (nSPS) is 10.6. The van der Waals surface area contributed by atoms with Gasteiger partial charge in [0.15, 0.2) is 0 Å². The lowest BCUT2D eigenvalue weighted by Gasteiger charge is -2.12. The summed E-state index contributed by atoms with van der Waals surface area (Å²) in [6.07, 6.45) is 1.40. The molecule has 0 unspecified atom stereocenters. The van der Waals surface area contributed by atoms with Crippen LogP contribution in [0.3, 0.4) is 0 Å². The SMILES string of the molecule is COc1ccc(C)cc1NS(=O)(=O)c1ccc(N=C=O)cc1. The second-order valence-corrected chi connectivity index (χ2v) is 6.19. The van der Waals surface area contributed by atoms with Crippen molar-refractivity contribution in [3.05, 3.63) is 48.0 Å². The molecule has 2 aromatic rings. The van der Waals surface area contributed by atoms with Crippen LogP contribution in [0.2, 0.25) is 0 Å². The topological polar surface area (TPSA) is 84.8 Å². The smallest absolute Gasteiger partial charge is 0.262 e. The van der Waals surface area contributed by atoms with Crippen LogP contribution >= 0.6 is 0 Å². The van der Waals surface area contributed by atoms with E-state index in [1.807, 2.05) is 13.0 Å². The second kappa shape index (κ2) is 6.43. The number of methoxy groups -OCH3 is 1. The number of aliphatic imine (C=N–C) groups is 1. The highest BCUT2D eigenvalue weighted by Crippen LogP contribution is 2.28. The number of nitrogens with zero attached hydrogens (tertiary/aromatic N) is 1. The first kappa shape index (κ1) is 15.8. The van der Waals surface area contributed by atoms with Gasteiger partial charge in [0.2, 0.25) is 6.08 Å².